The number of hydrogen-bond donors (Lipinski definition) is 2. The summed E-state index contributed by atoms with van der Waals surface area (Å²) in [5.41, 5.74) is 7.02. The van der Waals surface area contributed by atoms with Crippen molar-refractivity contribution in [3.05, 3.63) is 11.4 Å². The summed E-state index contributed by atoms with van der Waals surface area (Å²) in [5.74, 6) is 2.47. The molecular weight excluding hydrogens is 252 g/mol. The monoisotopic (exact) mass is 278 g/mol. The number of ether oxygens (including phenoxy) is 1. The lowest BCUT2D eigenvalue weighted by molar-refractivity contribution is -0.0795. The number of nitrogens with two attached hydrogens (primary N) is 1. The minimum atomic E-state index is 0.0961. The Morgan fingerprint density at radius 1 is 1.35 bits per heavy atom. The van der Waals surface area contributed by atoms with Gasteiger partial charge in [-0.1, -0.05) is 27.7 Å². The number of nitrogens with zero attached hydrogens (tertiary/aromatic N) is 2. The third-order valence-electron chi connectivity index (χ3n) is 4.49. The average Bonchev–Trinajstić information content (AvgIpc) is 2.38. The first-order chi connectivity index (χ1) is 9.27. The standard InChI is InChI=1S/C15H26N4O/c1-8(2)13-18-12(16)9(3)14(19-13)17-10-7-11(20-6)15(10,4)5/h8,10-11H,7H2,1-6H3,(H3,16,17,18,19). The van der Waals surface area contributed by atoms with Gasteiger partial charge < -0.3 is 15.8 Å². The van der Waals surface area contributed by atoms with Gasteiger partial charge in [0.05, 0.1) is 6.10 Å². The quantitative estimate of drug-likeness (QED) is 0.886. The van der Waals surface area contributed by atoms with E-state index in [1.54, 1.807) is 7.11 Å². The second-order valence-corrected chi connectivity index (χ2v) is 6.57. The fraction of sp³-hybridized carbons (Fsp3) is 0.733. The summed E-state index contributed by atoms with van der Waals surface area (Å²) in [6.07, 6.45) is 1.29. The van der Waals surface area contributed by atoms with Crippen molar-refractivity contribution in [1.29, 1.82) is 0 Å². The molecule has 1 fully saturated rings. The van der Waals surface area contributed by atoms with Crippen molar-refractivity contribution in [2.24, 2.45) is 5.41 Å². The van der Waals surface area contributed by atoms with Crippen LogP contribution >= 0.6 is 0 Å². The molecule has 2 unspecified atom stereocenters. The van der Waals surface area contributed by atoms with Crippen molar-refractivity contribution in [2.75, 3.05) is 18.2 Å². The smallest absolute Gasteiger partial charge is 0.135 e. The third-order valence-corrected chi connectivity index (χ3v) is 4.49. The highest BCUT2D eigenvalue weighted by Gasteiger charge is 2.48. The van der Waals surface area contributed by atoms with Gasteiger partial charge in [-0.15, -0.1) is 0 Å². The lowest BCUT2D eigenvalue weighted by Gasteiger charge is -2.51. The van der Waals surface area contributed by atoms with Crippen molar-refractivity contribution in [1.82, 2.24) is 9.97 Å². The van der Waals surface area contributed by atoms with E-state index in [2.05, 4.69) is 43.0 Å². The maximum Gasteiger partial charge on any atom is 0.135 e. The molecule has 2 rings (SSSR count). The first-order valence-corrected chi connectivity index (χ1v) is 7.20. The second-order valence-electron chi connectivity index (χ2n) is 6.57. The van der Waals surface area contributed by atoms with Crippen LogP contribution in [0.2, 0.25) is 0 Å². The van der Waals surface area contributed by atoms with E-state index in [9.17, 15) is 0 Å². The molecule has 0 bridgehead atoms. The molecule has 1 aliphatic carbocycles. The van der Waals surface area contributed by atoms with Crippen LogP contribution in [0.5, 0.6) is 0 Å². The van der Waals surface area contributed by atoms with Crippen LogP contribution in [0.15, 0.2) is 0 Å². The van der Waals surface area contributed by atoms with E-state index in [1.807, 2.05) is 6.92 Å². The van der Waals surface area contributed by atoms with Gasteiger partial charge in [0, 0.05) is 30.0 Å². The number of aromatic nitrogens is 2. The van der Waals surface area contributed by atoms with Crippen LogP contribution in [0.3, 0.4) is 0 Å². The van der Waals surface area contributed by atoms with Crippen molar-refractivity contribution in [3.8, 4) is 0 Å². The van der Waals surface area contributed by atoms with E-state index in [4.69, 9.17) is 10.5 Å². The summed E-state index contributed by atoms with van der Waals surface area (Å²) in [7, 11) is 1.77. The highest BCUT2D eigenvalue weighted by Crippen LogP contribution is 2.44. The Morgan fingerprint density at radius 3 is 2.50 bits per heavy atom. The minimum absolute atomic E-state index is 0.0961. The first kappa shape index (κ1) is 15.0. The Labute approximate surface area is 121 Å². The molecule has 0 amide bonds. The van der Waals surface area contributed by atoms with E-state index >= 15 is 0 Å². The molecule has 0 aliphatic heterocycles. The summed E-state index contributed by atoms with van der Waals surface area (Å²) in [5, 5.41) is 3.53. The number of anilines is 2. The van der Waals surface area contributed by atoms with Crippen LogP contribution in [0.25, 0.3) is 0 Å². The third kappa shape index (κ3) is 2.46. The highest BCUT2D eigenvalue weighted by atomic mass is 16.5. The number of nitrogen functional groups attached to an aromatic ring is 1. The lowest BCUT2D eigenvalue weighted by atomic mass is 9.64. The summed E-state index contributed by atoms with van der Waals surface area (Å²) in [6.45, 7) is 10.5. The zero-order valence-electron chi connectivity index (χ0n) is 13.3. The van der Waals surface area contributed by atoms with E-state index < -0.39 is 0 Å². The molecule has 1 aromatic rings. The predicted molar refractivity (Wildman–Crippen MR) is 81.9 cm³/mol. The number of rotatable bonds is 4. The Balaban J connectivity index is 2.22. The molecule has 5 heteroatoms. The SMILES string of the molecule is COC1CC(Nc2nc(C(C)C)nc(N)c2C)C1(C)C. The summed E-state index contributed by atoms with van der Waals surface area (Å²) >= 11 is 0. The summed E-state index contributed by atoms with van der Waals surface area (Å²) in [4.78, 5) is 8.98. The van der Waals surface area contributed by atoms with Crippen molar-refractivity contribution in [3.63, 3.8) is 0 Å². The Hall–Kier alpha value is -1.36. The Kier molecular flexibility index (Phi) is 3.91. The molecule has 20 heavy (non-hydrogen) atoms. The molecule has 1 aromatic heterocycles. The van der Waals surface area contributed by atoms with Gasteiger partial charge in [0.2, 0.25) is 0 Å². The zero-order chi connectivity index (χ0) is 15.1. The molecule has 1 aliphatic rings. The largest absolute Gasteiger partial charge is 0.383 e. The zero-order valence-corrected chi connectivity index (χ0v) is 13.3. The molecule has 0 saturated heterocycles. The topological polar surface area (TPSA) is 73.1 Å². The van der Waals surface area contributed by atoms with Gasteiger partial charge >= 0.3 is 0 Å². The van der Waals surface area contributed by atoms with Gasteiger partial charge in [0.15, 0.2) is 0 Å². The molecule has 2 atom stereocenters. The van der Waals surface area contributed by atoms with E-state index in [-0.39, 0.29) is 11.3 Å². The predicted octanol–water partition coefficient (Wildman–Crippen LogP) is 2.72. The van der Waals surface area contributed by atoms with Gasteiger partial charge in [0.1, 0.15) is 17.5 Å². The second kappa shape index (κ2) is 5.20. The maximum absolute atomic E-state index is 6.00. The van der Waals surface area contributed by atoms with E-state index in [1.165, 1.54) is 0 Å². The highest BCUT2D eigenvalue weighted by molar-refractivity contribution is 5.56. The van der Waals surface area contributed by atoms with Crippen LogP contribution in [-0.4, -0.2) is 29.2 Å². The Bertz CT molecular complexity index is 499. The van der Waals surface area contributed by atoms with Crippen LogP contribution < -0.4 is 11.1 Å². The van der Waals surface area contributed by atoms with Crippen LogP contribution in [0, 0.1) is 12.3 Å². The van der Waals surface area contributed by atoms with Gasteiger partial charge in [-0.3, -0.25) is 0 Å². The first-order valence-electron chi connectivity index (χ1n) is 7.20. The van der Waals surface area contributed by atoms with Crippen LogP contribution in [-0.2, 0) is 4.74 Å². The average molecular weight is 278 g/mol. The fourth-order valence-electron chi connectivity index (χ4n) is 2.65. The van der Waals surface area contributed by atoms with Crippen molar-refractivity contribution < 1.29 is 4.74 Å². The van der Waals surface area contributed by atoms with Gasteiger partial charge in [-0.05, 0) is 13.3 Å². The van der Waals surface area contributed by atoms with E-state index in [0.29, 0.717) is 18.0 Å². The lowest BCUT2D eigenvalue weighted by Crippen LogP contribution is -2.57. The molecule has 3 N–H and O–H groups in total. The number of methoxy groups -OCH3 is 1. The molecule has 112 valence electrons. The van der Waals surface area contributed by atoms with Crippen molar-refractivity contribution in [2.45, 2.75) is 59.1 Å². The van der Waals surface area contributed by atoms with Gasteiger partial charge in [-0.25, -0.2) is 9.97 Å². The molecule has 5 nitrogen and oxygen atoms in total. The van der Waals surface area contributed by atoms with Crippen LogP contribution in [0.4, 0.5) is 11.6 Å². The Morgan fingerprint density at radius 2 is 2.00 bits per heavy atom. The number of nitrogens with one attached hydrogen (secondary N) is 1. The summed E-state index contributed by atoms with van der Waals surface area (Å²) < 4.78 is 5.49. The van der Waals surface area contributed by atoms with Gasteiger partial charge in [0.25, 0.3) is 0 Å². The maximum atomic E-state index is 6.00. The number of hydrogen-bond acceptors (Lipinski definition) is 5. The molecular formula is C15H26N4O. The normalized spacial score (nSPS) is 24.6. The molecule has 1 heterocycles. The molecule has 0 radical (unpaired) electrons. The molecule has 1 saturated carbocycles. The van der Waals surface area contributed by atoms with Gasteiger partial charge in [-0.2, -0.15) is 0 Å². The van der Waals surface area contributed by atoms with E-state index in [0.717, 1.165) is 23.6 Å². The summed E-state index contributed by atoms with van der Waals surface area (Å²) in [6, 6.07) is 0.348. The van der Waals surface area contributed by atoms with Crippen LogP contribution in [0.1, 0.15) is 51.4 Å². The molecule has 0 spiro atoms. The minimum Gasteiger partial charge on any atom is -0.383 e. The van der Waals surface area contributed by atoms with Crippen molar-refractivity contribution >= 4 is 11.6 Å². The molecule has 0 aromatic carbocycles. The fourth-order valence-corrected chi connectivity index (χ4v) is 2.65.